The largest absolute Gasteiger partial charge is 0.358 e. The molecule has 0 saturated heterocycles. The topological polar surface area (TPSA) is 61.9 Å². The average Bonchev–Trinajstić information content (AvgIpc) is 3.11. The molecule has 0 radical (unpaired) electrons. The highest BCUT2D eigenvalue weighted by Crippen LogP contribution is 2.31. The maximum atomic E-state index is 12.9. The quantitative estimate of drug-likeness (QED) is 0.579. The van der Waals surface area contributed by atoms with Crippen LogP contribution in [-0.4, -0.2) is 32.3 Å². The SMILES string of the molecule is Cc1ccc(-c2ccc3[nH]c4c(c3c2)CN(C(=O)c2cccnc2)CC4)cn1. The average molecular weight is 368 g/mol. The Balaban J connectivity index is 1.51. The summed E-state index contributed by atoms with van der Waals surface area (Å²) in [7, 11) is 0. The Kier molecular flexibility index (Phi) is 3.93. The van der Waals surface area contributed by atoms with E-state index in [1.165, 1.54) is 16.6 Å². The van der Waals surface area contributed by atoms with Crippen molar-refractivity contribution in [2.45, 2.75) is 19.9 Å². The third kappa shape index (κ3) is 2.85. The second kappa shape index (κ2) is 6.60. The maximum absolute atomic E-state index is 12.9. The van der Waals surface area contributed by atoms with E-state index >= 15 is 0 Å². The van der Waals surface area contributed by atoms with Crippen LogP contribution in [0.5, 0.6) is 0 Å². The van der Waals surface area contributed by atoms with Crippen LogP contribution >= 0.6 is 0 Å². The molecule has 0 atom stereocenters. The summed E-state index contributed by atoms with van der Waals surface area (Å²) in [5, 5.41) is 1.18. The molecule has 0 unspecified atom stereocenters. The minimum absolute atomic E-state index is 0.0342. The fourth-order valence-electron chi connectivity index (χ4n) is 3.88. The van der Waals surface area contributed by atoms with Crippen LogP contribution in [0, 0.1) is 6.92 Å². The molecule has 1 N–H and O–H groups in total. The lowest BCUT2D eigenvalue weighted by molar-refractivity contribution is 0.0734. The summed E-state index contributed by atoms with van der Waals surface area (Å²) >= 11 is 0. The minimum atomic E-state index is 0.0342. The standard InChI is InChI=1S/C23H20N4O/c1-15-4-5-17(13-25-15)16-6-7-21-19(11-16)20-14-27(10-8-22(20)26-21)23(28)18-3-2-9-24-12-18/h2-7,9,11-13,26H,8,10,14H2,1H3. The zero-order valence-corrected chi connectivity index (χ0v) is 15.6. The van der Waals surface area contributed by atoms with Crippen LogP contribution in [0.25, 0.3) is 22.0 Å². The second-order valence-corrected chi connectivity index (χ2v) is 7.25. The zero-order valence-electron chi connectivity index (χ0n) is 15.6. The summed E-state index contributed by atoms with van der Waals surface area (Å²) in [6.45, 7) is 3.31. The van der Waals surface area contributed by atoms with Crippen LogP contribution in [0.3, 0.4) is 0 Å². The number of benzene rings is 1. The Labute approximate surface area is 163 Å². The van der Waals surface area contributed by atoms with Gasteiger partial charge in [0.25, 0.3) is 5.91 Å². The van der Waals surface area contributed by atoms with Gasteiger partial charge in [0.1, 0.15) is 0 Å². The molecule has 5 heteroatoms. The van der Waals surface area contributed by atoms with Crippen LogP contribution in [0.2, 0.25) is 0 Å². The molecule has 1 amide bonds. The monoisotopic (exact) mass is 368 g/mol. The van der Waals surface area contributed by atoms with E-state index in [9.17, 15) is 4.79 Å². The molecule has 138 valence electrons. The third-order valence-electron chi connectivity index (χ3n) is 5.42. The normalized spacial score (nSPS) is 13.5. The van der Waals surface area contributed by atoms with Crippen LogP contribution in [0.1, 0.15) is 27.3 Å². The van der Waals surface area contributed by atoms with Crippen molar-refractivity contribution in [3.63, 3.8) is 0 Å². The summed E-state index contributed by atoms with van der Waals surface area (Å²) in [6, 6.07) is 14.2. The van der Waals surface area contributed by atoms with Crippen molar-refractivity contribution >= 4 is 16.8 Å². The number of aromatic nitrogens is 3. The molecule has 3 aromatic heterocycles. The van der Waals surface area contributed by atoms with Gasteiger partial charge in [0.15, 0.2) is 0 Å². The minimum Gasteiger partial charge on any atom is -0.358 e. The van der Waals surface area contributed by atoms with Gasteiger partial charge in [-0.1, -0.05) is 12.1 Å². The number of aromatic amines is 1. The Hall–Kier alpha value is -3.47. The van der Waals surface area contributed by atoms with E-state index in [0.717, 1.165) is 28.8 Å². The van der Waals surface area contributed by atoms with Crippen molar-refractivity contribution < 1.29 is 4.79 Å². The number of nitrogens with one attached hydrogen (secondary N) is 1. The number of carbonyl (C=O) groups is 1. The first kappa shape index (κ1) is 16.7. The number of H-pyrrole nitrogens is 1. The summed E-state index contributed by atoms with van der Waals surface area (Å²) in [5.74, 6) is 0.0342. The van der Waals surface area contributed by atoms with Gasteiger partial charge in [-0.05, 0) is 42.8 Å². The van der Waals surface area contributed by atoms with Crippen LogP contribution in [0.15, 0.2) is 61.1 Å². The van der Waals surface area contributed by atoms with E-state index in [1.807, 2.05) is 30.2 Å². The summed E-state index contributed by atoms with van der Waals surface area (Å²) in [4.78, 5) is 26.8. The number of pyridine rings is 2. The molecule has 1 aromatic carbocycles. The third-order valence-corrected chi connectivity index (χ3v) is 5.42. The number of hydrogen-bond acceptors (Lipinski definition) is 3. The fourth-order valence-corrected chi connectivity index (χ4v) is 3.88. The lowest BCUT2D eigenvalue weighted by atomic mass is 10.00. The van der Waals surface area contributed by atoms with E-state index in [2.05, 4.69) is 39.2 Å². The molecule has 0 bridgehead atoms. The number of nitrogens with zero attached hydrogens (tertiary/aromatic N) is 3. The van der Waals surface area contributed by atoms with Gasteiger partial charge in [-0.2, -0.15) is 0 Å². The molecule has 4 aromatic rings. The predicted octanol–water partition coefficient (Wildman–Crippen LogP) is 4.13. The van der Waals surface area contributed by atoms with Crippen molar-refractivity contribution in [3.8, 4) is 11.1 Å². The van der Waals surface area contributed by atoms with E-state index in [1.54, 1.807) is 18.5 Å². The van der Waals surface area contributed by atoms with Crippen LogP contribution in [-0.2, 0) is 13.0 Å². The summed E-state index contributed by atoms with van der Waals surface area (Å²) in [5.41, 5.74) is 7.43. The highest BCUT2D eigenvalue weighted by Gasteiger charge is 2.25. The summed E-state index contributed by atoms with van der Waals surface area (Å²) in [6.07, 6.45) is 6.06. The highest BCUT2D eigenvalue weighted by molar-refractivity contribution is 5.95. The highest BCUT2D eigenvalue weighted by atomic mass is 16.2. The number of carbonyl (C=O) groups excluding carboxylic acids is 1. The first-order valence-corrected chi connectivity index (χ1v) is 9.45. The molecule has 0 fully saturated rings. The van der Waals surface area contributed by atoms with Gasteiger partial charge in [0.2, 0.25) is 0 Å². The molecule has 5 rings (SSSR count). The number of hydrogen-bond donors (Lipinski definition) is 1. The van der Waals surface area contributed by atoms with Gasteiger partial charge in [0.05, 0.1) is 5.56 Å². The van der Waals surface area contributed by atoms with E-state index in [4.69, 9.17) is 0 Å². The zero-order chi connectivity index (χ0) is 19.1. The number of amides is 1. The second-order valence-electron chi connectivity index (χ2n) is 7.25. The van der Waals surface area contributed by atoms with Crippen molar-refractivity contribution in [2.24, 2.45) is 0 Å². The van der Waals surface area contributed by atoms with Crippen molar-refractivity contribution in [2.75, 3.05) is 6.54 Å². The Bertz CT molecular complexity index is 1160. The Morgan fingerprint density at radius 3 is 2.79 bits per heavy atom. The lowest BCUT2D eigenvalue weighted by Gasteiger charge is -2.27. The molecule has 4 heterocycles. The molecule has 5 nitrogen and oxygen atoms in total. The number of fused-ring (bicyclic) bond motifs is 3. The van der Waals surface area contributed by atoms with Crippen molar-refractivity contribution in [1.82, 2.24) is 19.9 Å². The van der Waals surface area contributed by atoms with Gasteiger partial charge >= 0.3 is 0 Å². The van der Waals surface area contributed by atoms with Crippen molar-refractivity contribution in [1.29, 1.82) is 0 Å². The van der Waals surface area contributed by atoms with Crippen molar-refractivity contribution in [3.05, 3.63) is 83.6 Å². The smallest absolute Gasteiger partial charge is 0.255 e. The molecule has 0 saturated carbocycles. The number of aryl methyl sites for hydroxylation is 1. The number of rotatable bonds is 2. The van der Waals surface area contributed by atoms with Gasteiger partial charge in [-0.3, -0.25) is 14.8 Å². The van der Waals surface area contributed by atoms with E-state index < -0.39 is 0 Å². The van der Waals surface area contributed by atoms with E-state index in [-0.39, 0.29) is 5.91 Å². The first-order chi connectivity index (χ1) is 13.7. The predicted molar refractivity (Wildman–Crippen MR) is 109 cm³/mol. The van der Waals surface area contributed by atoms with Gasteiger partial charge in [-0.15, -0.1) is 0 Å². The van der Waals surface area contributed by atoms with Gasteiger partial charge < -0.3 is 9.88 Å². The van der Waals surface area contributed by atoms with Gasteiger partial charge in [0, 0.05) is 71.5 Å². The molecule has 0 aliphatic carbocycles. The molecule has 0 spiro atoms. The van der Waals surface area contributed by atoms with E-state index in [0.29, 0.717) is 18.7 Å². The van der Waals surface area contributed by atoms with Crippen LogP contribution in [0.4, 0.5) is 0 Å². The van der Waals surface area contributed by atoms with Crippen LogP contribution < -0.4 is 0 Å². The Morgan fingerprint density at radius 1 is 1.11 bits per heavy atom. The Morgan fingerprint density at radius 2 is 2.00 bits per heavy atom. The maximum Gasteiger partial charge on any atom is 0.255 e. The molecule has 28 heavy (non-hydrogen) atoms. The van der Waals surface area contributed by atoms with Gasteiger partial charge in [-0.25, -0.2) is 0 Å². The molecular formula is C23H20N4O. The first-order valence-electron chi connectivity index (χ1n) is 9.45. The molecular weight excluding hydrogens is 348 g/mol. The lowest BCUT2D eigenvalue weighted by Crippen LogP contribution is -2.35. The summed E-state index contributed by atoms with van der Waals surface area (Å²) < 4.78 is 0. The molecule has 1 aliphatic rings. The molecule has 1 aliphatic heterocycles. The fraction of sp³-hybridized carbons (Fsp3) is 0.174.